The van der Waals surface area contributed by atoms with Crippen LogP contribution in [0, 0.1) is 0 Å². The molecule has 1 heterocycles. The molecule has 0 unspecified atom stereocenters. The second-order valence-corrected chi connectivity index (χ2v) is 9.67. The van der Waals surface area contributed by atoms with Crippen molar-refractivity contribution in [3.63, 3.8) is 0 Å². The van der Waals surface area contributed by atoms with Crippen LogP contribution in [0.5, 0.6) is 11.5 Å². The summed E-state index contributed by atoms with van der Waals surface area (Å²) in [7, 11) is 0. The van der Waals surface area contributed by atoms with E-state index in [4.69, 9.17) is 4.74 Å². The molecule has 0 aromatic heterocycles. The Bertz CT molecular complexity index is 1600. The molecule has 0 spiro atoms. The first kappa shape index (κ1) is 23.9. The van der Waals surface area contributed by atoms with Crippen molar-refractivity contribution in [2.45, 2.75) is 33.1 Å². The van der Waals surface area contributed by atoms with Gasteiger partial charge in [0.15, 0.2) is 11.5 Å². The number of ether oxygens (including phenoxy) is 1. The van der Waals surface area contributed by atoms with Crippen LogP contribution >= 0.6 is 0 Å². The molecule has 3 heteroatoms. The minimum Gasteiger partial charge on any atom is -0.452 e. The Hall–Kier alpha value is -4.50. The first-order chi connectivity index (χ1) is 18.7. The number of para-hydroxylation sites is 1. The van der Waals surface area contributed by atoms with Gasteiger partial charge in [0.25, 0.3) is 0 Å². The SMILES string of the molecule is CC/C=C(\CCC)N(c1ccccc1)c1ccc(-c2ccc3c(c2)Nc2ccc4ccccc4c2O3)cc1. The molecule has 0 amide bonds. The van der Waals surface area contributed by atoms with Gasteiger partial charge in [0.05, 0.1) is 11.4 Å². The first-order valence-corrected chi connectivity index (χ1v) is 13.5. The molecule has 0 saturated heterocycles. The zero-order chi connectivity index (χ0) is 25.9. The average Bonchev–Trinajstić information content (AvgIpc) is 2.97. The van der Waals surface area contributed by atoms with Crippen molar-refractivity contribution in [2.75, 3.05) is 10.2 Å². The van der Waals surface area contributed by atoms with Crippen molar-refractivity contribution in [2.24, 2.45) is 0 Å². The predicted molar refractivity (Wildman–Crippen MR) is 161 cm³/mol. The third-order valence-electron chi connectivity index (χ3n) is 7.05. The Labute approximate surface area is 225 Å². The second kappa shape index (κ2) is 10.5. The Morgan fingerprint density at radius 2 is 1.47 bits per heavy atom. The third-order valence-corrected chi connectivity index (χ3v) is 7.05. The normalized spacial score (nSPS) is 12.3. The molecule has 0 radical (unpaired) electrons. The van der Waals surface area contributed by atoms with Gasteiger partial charge >= 0.3 is 0 Å². The number of hydrogen-bond acceptors (Lipinski definition) is 3. The number of rotatable bonds is 7. The number of hydrogen-bond donors (Lipinski definition) is 1. The third kappa shape index (κ3) is 4.52. The van der Waals surface area contributed by atoms with Crippen LogP contribution in [-0.4, -0.2) is 0 Å². The van der Waals surface area contributed by atoms with Crippen LogP contribution in [0.2, 0.25) is 0 Å². The Morgan fingerprint density at radius 1 is 0.737 bits per heavy atom. The fourth-order valence-corrected chi connectivity index (χ4v) is 5.26. The molecular weight excluding hydrogens is 464 g/mol. The molecule has 0 bridgehead atoms. The van der Waals surface area contributed by atoms with Crippen molar-refractivity contribution < 1.29 is 4.74 Å². The summed E-state index contributed by atoms with van der Waals surface area (Å²) in [5.74, 6) is 1.73. The number of nitrogens with zero attached hydrogens (tertiary/aromatic N) is 1. The Morgan fingerprint density at radius 3 is 2.26 bits per heavy atom. The van der Waals surface area contributed by atoms with Gasteiger partial charge in [0, 0.05) is 22.5 Å². The van der Waals surface area contributed by atoms with Crippen LogP contribution in [0.15, 0.2) is 121 Å². The summed E-state index contributed by atoms with van der Waals surface area (Å²) in [6.45, 7) is 4.45. The fraction of sp³-hybridized carbons (Fsp3) is 0.143. The lowest BCUT2D eigenvalue weighted by atomic mass is 10.0. The van der Waals surface area contributed by atoms with E-state index in [0.717, 1.165) is 53.1 Å². The molecule has 1 N–H and O–H groups in total. The molecule has 1 aliphatic heterocycles. The van der Waals surface area contributed by atoms with Crippen LogP contribution in [0.25, 0.3) is 21.9 Å². The van der Waals surface area contributed by atoms with Crippen molar-refractivity contribution >= 4 is 33.5 Å². The maximum absolute atomic E-state index is 6.38. The van der Waals surface area contributed by atoms with Gasteiger partial charge in [0.1, 0.15) is 0 Å². The van der Waals surface area contributed by atoms with Gasteiger partial charge in [-0.05, 0) is 71.8 Å². The highest BCUT2D eigenvalue weighted by atomic mass is 16.5. The highest BCUT2D eigenvalue weighted by molar-refractivity contribution is 5.96. The van der Waals surface area contributed by atoms with E-state index in [1.807, 2.05) is 0 Å². The minimum absolute atomic E-state index is 0.846. The van der Waals surface area contributed by atoms with Gasteiger partial charge in [0.2, 0.25) is 0 Å². The smallest absolute Gasteiger partial charge is 0.158 e. The van der Waals surface area contributed by atoms with E-state index in [1.54, 1.807) is 0 Å². The van der Waals surface area contributed by atoms with E-state index in [2.05, 4.69) is 139 Å². The summed E-state index contributed by atoms with van der Waals surface area (Å²) in [4.78, 5) is 2.39. The van der Waals surface area contributed by atoms with Crippen LogP contribution in [0.4, 0.5) is 22.7 Å². The molecule has 1 aliphatic rings. The lowest BCUT2D eigenvalue weighted by Gasteiger charge is -2.28. The number of benzene rings is 5. The monoisotopic (exact) mass is 496 g/mol. The van der Waals surface area contributed by atoms with E-state index in [0.29, 0.717) is 0 Å². The maximum Gasteiger partial charge on any atom is 0.158 e. The number of nitrogens with one attached hydrogen (secondary N) is 1. The van der Waals surface area contributed by atoms with Gasteiger partial charge in [-0.1, -0.05) is 93.1 Å². The van der Waals surface area contributed by atoms with Crippen LogP contribution in [0.3, 0.4) is 0 Å². The van der Waals surface area contributed by atoms with Crippen molar-refractivity contribution in [1.82, 2.24) is 0 Å². The molecular formula is C35H32N2O. The zero-order valence-corrected chi connectivity index (χ0v) is 21.9. The molecule has 0 fully saturated rings. The molecule has 0 saturated carbocycles. The lowest BCUT2D eigenvalue weighted by molar-refractivity contribution is 0.487. The lowest BCUT2D eigenvalue weighted by Crippen LogP contribution is -2.16. The highest BCUT2D eigenvalue weighted by Gasteiger charge is 2.20. The fourth-order valence-electron chi connectivity index (χ4n) is 5.26. The summed E-state index contributed by atoms with van der Waals surface area (Å²) < 4.78 is 6.38. The van der Waals surface area contributed by atoms with Gasteiger partial charge in [-0.25, -0.2) is 0 Å². The molecule has 188 valence electrons. The van der Waals surface area contributed by atoms with Crippen LogP contribution in [-0.2, 0) is 0 Å². The molecule has 5 aromatic rings. The minimum atomic E-state index is 0.846. The second-order valence-electron chi connectivity index (χ2n) is 9.67. The highest BCUT2D eigenvalue weighted by Crippen LogP contribution is 2.46. The number of anilines is 4. The van der Waals surface area contributed by atoms with E-state index in [9.17, 15) is 0 Å². The van der Waals surface area contributed by atoms with E-state index in [-0.39, 0.29) is 0 Å². The Kier molecular flexibility index (Phi) is 6.58. The first-order valence-electron chi connectivity index (χ1n) is 13.5. The van der Waals surface area contributed by atoms with Crippen molar-refractivity contribution in [1.29, 1.82) is 0 Å². The summed E-state index contributed by atoms with van der Waals surface area (Å²) in [6, 6.07) is 38.5. The summed E-state index contributed by atoms with van der Waals surface area (Å²) in [6.07, 6.45) is 5.51. The van der Waals surface area contributed by atoms with E-state index < -0.39 is 0 Å². The number of fused-ring (bicyclic) bond motifs is 4. The average molecular weight is 497 g/mol. The molecule has 38 heavy (non-hydrogen) atoms. The van der Waals surface area contributed by atoms with E-state index >= 15 is 0 Å². The molecule has 3 nitrogen and oxygen atoms in total. The van der Waals surface area contributed by atoms with Crippen molar-refractivity contribution in [3.05, 3.63) is 121 Å². The summed E-state index contributed by atoms with van der Waals surface area (Å²) in [5, 5.41) is 5.89. The van der Waals surface area contributed by atoms with Gasteiger partial charge in [-0.3, -0.25) is 0 Å². The largest absolute Gasteiger partial charge is 0.452 e. The number of allylic oxidation sites excluding steroid dienone is 2. The maximum atomic E-state index is 6.38. The summed E-state index contributed by atoms with van der Waals surface area (Å²) in [5.41, 5.74) is 8.01. The predicted octanol–water partition coefficient (Wildman–Crippen LogP) is 10.6. The molecule has 5 aromatic carbocycles. The van der Waals surface area contributed by atoms with E-state index in [1.165, 1.54) is 28.0 Å². The molecule has 0 atom stereocenters. The van der Waals surface area contributed by atoms with Gasteiger partial charge in [-0.15, -0.1) is 0 Å². The van der Waals surface area contributed by atoms with Crippen LogP contribution < -0.4 is 15.0 Å². The topological polar surface area (TPSA) is 24.5 Å². The van der Waals surface area contributed by atoms with Crippen molar-refractivity contribution in [3.8, 4) is 22.6 Å². The standard InChI is InChI=1S/C35H32N2O/c1-3-10-28(11-4-2)37(29-13-6-5-7-14-29)30-20-16-25(17-21-30)27-19-23-34-33(24-27)36-32-22-18-26-12-8-9-15-31(26)35(32)38-34/h5-10,12-24,36H,3-4,11H2,1-2H3/b28-10+. The summed E-state index contributed by atoms with van der Waals surface area (Å²) >= 11 is 0. The van der Waals surface area contributed by atoms with Gasteiger partial charge in [-0.2, -0.15) is 0 Å². The molecule has 0 aliphatic carbocycles. The zero-order valence-electron chi connectivity index (χ0n) is 21.9. The van der Waals surface area contributed by atoms with Crippen LogP contribution in [0.1, 0.15) is 33.1 Å². The van der Waals surface area contributed by atoms with Gasteiger partial charge < -0.3 is 15.0 Å². The Balaban J connectivity index is 1.31. The quantitative estimate of drug-likeness (QED) is 0.238. The molecule has 6 rings (SSSR count).